The molecule has 0 radical (unpaired) electrons. The van der Waals surface area contributed by atoms with Crippen LogP contribution in [-0.2, 0) is 0 Å². The zero-order valence-electron chi connectivity index (χ0n) is 8.62. The molecule has 1 fully saturated rings. The molecule has 2 atom stereocenters. The predicted octanol–water partition coefficient (Wildman–Crippen LogP) is 3.33. The van der Waals surface area contributed by atoms with Crippen LogP contribution in [0.5, 0.6) is 0 Å². The molecular formula is C10H17ClF3N. The van der Waals surface area contributed by atoms with E-state index >= 15 is 0 Å². The first-order chi connectivity index (χ1) is 6.99. The summed E-state index contributed by atoms with van der Waals surface area (Å²) in [5.74, 6) is 0.341. The van der Waals surface area contributed by atoms with Crippen LogP contribution in [0.15, 0.2) is 0 Å². The molecule has 0 heterocycles. The second-order valence-electron chi connectivity index (χ2n) is 4.13. The molecule has 0 aromatic carbocycles. The molecule has 0 saturated heterocycles. The standard InChI is InChI=1S/C10H17ClF3N/c11-9-4-2-1-3-8(9)7-15-6-5-10(12,13)14/h8-9,15H,1-7H2. The van der Waals surface area contributed by atoms with Crippen LogP contribution in [-0.4, -0.2) is 24.6 Å². The van der Waals surface area contributed by atoms with Crippen molar-refractivity contribution in [1.82, 2.24) is 5.32 Å². The fraction of sp³-hybridized carbons (Fsp3) is 1.00. The average molecular weight is 244 g/mol. The van der Waals surface area contributed by atoms with Gasteiger partial charge >= 0.3 is 6.18 Å². The van der Waals surface area contributed by atoms with E-state index in [1.807, 2.05) is 0 Å². The summed E-state index contributed by atoms with van der Waals surface area (Å²) in [5, 5.41) is 2.97. The van der Waals surface area contributed by atoms with E-state index in [1.165, 1.54) is 0 Å². The minimum atomic E-state index is -4.06. The molecule has 1 aliphatic carbocycles. The monoisotopic (exact) mass is 243 g/mol. The quantitative estimate of drug-likeness (QED) is 0.590. The third-order valence-electron chi connectivity index (χ3n) is 2.81. The van der Waals surface area contributed by atoms with Crippen LogP contribution in [0.1, 0.15) is 32.1 Å². The first-order valence-electron chi connectivity index (χ1n) is 5.40. The lowest BCUT2D eigenvalue weighted by molar-refractivity contribution is -0.133. The molecule has 0 amide bonds. The molecule has 1 aliphatic rings. The molecule has 1 rings (SSSR count). The molecule has 0 aliphatic heterocycles. The molecular weight excluding hydrogens is 227 g/mol. The van der Waals surface area contributed by atoms with Gasteiger partial charge in [0.2, 0.25) is 0 Å². The van der Waals surface area contributed by atoms with E-state index in [-0.39, 0.29) is 11.9 Å². The van der Waals surface area contributed by atoms with Gasteiger partial charge in [0.15, 0.2) is 0 Å². The van der Waals surface area contributed by atoms with E-state index in [0.717, 1.165) is 25.7 Å². The lowest BCUT2D eigenvalue weighted by atomic mass is 9.89. The van der Waals surface area contributed by atoms with E-state index in [1.54, 1.807) is 0 Å². The van der Waals surface area contributed by atoms with Crippen molar-refractivity contribution in [2.24, 2.45) is 5.92 Å². The molecule has 1 saturated carbocycles. The summed E-state index contributed by atoms with van der Waals surface area (Å²) in [6, 6.07) is 0. The van der Waals surface area contributed by atoms with Crippen molar-refractivity contribution >= 4 is 11.6 Å². The maximum absolute atomic E-state index is 11.8. The first kappa shape index (κ1) is 13.1. The van der Waals surface area contributed by atoms with Gasteiger partial charge in [-0.1, -0.05) is 12.8 Å². The van der Waals surface area contributed by atoms with E-state index in [2.05, 4.69) is 5.32 Å². The Morgan fingerprint density at radius 3 is 2.47 bits per heavy atom. The lowest BCUT2D eigenvalue weighted by Gasteiger charge is -2.27. The number of nitrogens with one attached hydrogen (secondary N) is 1. The summed E-state index contributed by atoms with van der Waals surface area (Å²) in [7, 11) is 0. The van der Waals surface area contributed by atoms with Crippen molar-refractivity contribution in [3.05, 3.63) is 0 Å². The van der Waals surface area contributed by atoms with Crippen LogP contribution in [0.4, 0.5) is 13.2 Å². The summed E-state index contributed by atoms with van der Waals surface area (Å²) in [5.41, 5.74) is 0. The van der Waals surface area contributed by atoms with Crippen LogP contribution in [0.25, 0.3) is 0 Å². The molecule has 1 nitrogen and oxygen atoms in total. The molecule has 0 bridgehead atoms. The summed E-state index contributed by atoms with van der Waals surface area (Å²) in [6.45, 7) is 0.619. The summed E-state index contributed by atoms with van der Waals surface area (Å²) in [4.78, 5) is 0. The SMILES string of the molecule is FC(F)(F)CCNCC1CCCCC1Cl. The minimum absolute atomic E-state index is 0.00358. The van der Waals surface area contributed by atoms with Crippen molar-refractivity contribution in [3.8, 4) is 0 Å². The Morgan fingerprint density at radius 2 is 1.87 bits per heavy atom. The second-order valence-corrected chi connectivity index (χ2v) is 4.69. The number of hydrogen-bond donors (Lipinski definition) is 1. The highest BCUT2D eigenvalue weighted by atomic mass is 35.5. The largest absolute Gasteiger partial charge is 0.390 e. The molecule has 2 unspecified atom stereocenters. The predicted molar refractivity (Wildman–Crippen MR) is 55.1 cm³/mol. The molecule has 1 N–H and O–H groups in total. The number of alkyl halides is 4. The average Bonchev–Trinajstić information content (AvgIpc) is 2.13. The van der Waals surface area contributed by atoms with Crippen molar-refractivity contribution in [2.75, 3.05) is 13.1 Å². The van der Waals surface area contributed by atoms with E-state index < -0.39 is 12.6 Å². The molecule has 15 heavy (non-hydrogen) atoms. The topological polar surface area (TPSA) is 12.0 Å². The maximum atomic E-state index is 11.8. The van der Waals surface area contributed by atoms with Gasteiger partial charge in [-0.2, -0.15) is 13.2 Å². The Labute approximate surface area is 93.4 Å². The number of halogens is 4. The fourth-order valence-electron chi connectivity index (χ4n) is 1.91. The molecule has 5 heteroatoms. The van der Waals surface area contributed by atoms with E-state index in [9.17, 15) is 13.2 Å². The van der Waals surface area contributed by atoms with Gasteiger partial charge in [-0.25, -0.2) is 0 Å². The van der Waals surface area contributed by atoms with Crippen LogP contribution in [0.3, 0.4) is 0 Å². The van der Waals surface area contributed by atoms with E-state index in [4.69, 9.17) is 11.6 Å². The number of rotatable bonds is 4. The summed E-state index contributed by atoms with van der Waals surface area (Å²) >= 11 is 6.09. The second kappa shape index (κ2) is 5.94. The van der Waals surface area contributed by atoms with Gasteiger partial charge < -0.3 is 5.32 Å². The zero-order chi connectivity index (χ0) is 11.3. The van der Waals surface area contributed by atoms with Crippen molar-refractivity contribution in [2.45, 2.75) is 43.7 Å². The van der Waals surface area contributed by atoms with Gasteiger partial charge in [0.1, 0.15) is 0 Å². The fourth-order valence-corrected chi connectivity index (χ4v) is 2.28. The summed E-state index contributed by atoms with van der Waals surface area (Å²) in [6.07, 6.45) is -0.491. The van der Waals surface area contributed by atoms with Crippen LogP contribution >= 0.6 is 11.6 Å². The first-order valence-corrected chi connectivity index (χ1v) is 5.84. The van der Waals surface area contributed by atoms with E-state index in [0.29, 0.717) is 12.5 Å². The molecule has 90 valence electrons. The molecule has 0 aromatic heterocycles. The molecule has 0 aromatic rings. The van der Waals surface area contributed by atoms with Gasteiger partial charge in [-0.05, 0) is 25.3 Å². The Hall–Kier alpha value is 0.0400. The van der Waals surface area contributed by atoms with Gasteiger partial charge in [-0.15, -0.1) is 11.6 Å². The van der Waals surface area contributed by atoms with Crippen LogP contribution in [0, 0.1) is 5.92 Å². The van der Waals surface area contributed by atoms with Crippen LogP contribution in [0.2, 0.25) is 0 Å². The van der Waals surface area contributed by atoms with Gasteiger partial charge in [0.25, 0.3) is 0 Å². The van der Waals surface area contributed by atoms with Gasteiger partial charge in [-0.3, -0.25) is 0 Å². The van der Waals surface area contributed by atoms with Crippen molar-refractivity contribution < 1.29 is 13.2 Å². The van der Waals surface area contributed by atoms with Crippen LogP contribution < -0.4 is 5.32 Å². The smallest absolute Gasteiger partial charge is 0.316 e. The third kappa shape index (κ3) is 5.61. The van der Waals surface area contributed by atoms with Gasteiger partial charge in [0.05, 0.1) is 6.42 Å². The molecule has 0 spiro atoms. The Bertz CT molecular complexity index is 184. The lowest BCUT2D eigenvalue weighted by Crippen LogP contribution is -2.32. The summed E-state index contributed by atoms with van der Waals surface area (Å²) < 4.78 is 35.5. The Balaban J connectivity index is 2.08. The van der Waals surface area contributed by atoms with Crippen molar-refractivity contribution in [3.63, 3.8) is 0 Å². The minimum Gasteiger partial charge on any atom is -0.316 e. The highest BCUT2D eigenvalue weighted by Crippen LogP contribution is 2.28. The zero-order valence-corrected chi connectivity index (χ0v) is 9.37. The number of hydrogen-bond acceptors (Lipinski definition) is 1. The third-order valence-corrected chi connectivity index (χ3v) is 3.38. The van der Waals surface area contributed by atoms with Crippen molar-refractivity contribution in [1.29, 1.82) is 0 Å². The Kier molecular flexibility index (Phi) is 5.19. The normalized spacial score (nSPS) is 28.0. The highest BCUT2D eigenvalue weighted by Gasteiger charge is 2.27. The van der Waals surface area contributed by atoms with Gasteiger partial charge in [0, 0.05) is 11.9 Å². The highest BCUT2D eigenvalue weighted by molar-refractivity contribution is 6.20. The maximum Gasteiger partial charge on any atom is 0.390 e. The Morgan fingerprint density at radius 1 is 1.20 bits per heavy atom.